The maximum absolute atomic E-state index is 13.9. The number of guanidine groups is 1. The molecule has 6 nitrogen and oxygen atoms in total. The fourth-order valence-electron chi connectivity index (χ4n) is 2.77. The molecule has 0 aromatic heterocycles. The van der Waals surface area contributed by atoms with Gasteiger partial charge in [0.15, 0.2) is 17.5 Å². The first-order valence-corrected chi connectivity index (χ1v) is 9.21. The lowest BCUT2D eigenvalue weighted by molar-refractivity contribution is 0.0200. The number of aliphatic imine (C=N–C) groups is 1. The second kappa shape index (κ2) is 13.1. The van der Waals surface area contributed by atoms with Crippen LogP contribution < -0.4 is 15.4 Å². The van der Waals surface area contributed by atoms with Crippen molar-refractivity contribution in [3.05, 3.63) is 29.6 Å². The molecule has 0 amide bonds. The molecule has 27 heavy (non-hydrogen) atoms. The van der Waals surface area contributed by atoms with Crippen LogP contribution in [0, 0.1) is 5.82 Å². The summed E-state index contributed by atoms with van der Waals surface area (Å²) in [6, 6.07) is 4.85. The standard InChI is InChI=1S/C19H30FN3O3.HI/c1-4-21-19(22-9-11-25-13-16-6-5-10-26-16)23-14(2)15-7-8-18(24-3)17(20)12-15;/h7-8,12,14,16H,4-6,9-11,13H2,1-3H3,(H2,21,22,23);1H. The van der Waals surface area contributed by atoms with Gasteiger partial charge in [0, 0.05) is 13.2 Å². The lowest BCUT2D eigenvalue weighted by Gasteiger charge is -2.19. The SMILES string of the molecule is CCNC(=NCCOCC1CCCO1)NC(C)c1ccc(OC)c(F)c1.I. The highest BCUT2D eigenvalue weighted by Gasteiger charge is 2.15. The molecule has 0 aliphatic carbocycles. The first kappa shape index (κ1) is 23.9. The summed E-state index contributed by atoms with van der Waals surface area (Å²) in [6.07, 6.45) is 2.42. The Hall–Kier alpha value is -1.13. The number of halogens is 2. The molecular weight excluding hydrogens is 464 g/mol. The van der Waals surface area contributed by atoms with Crippen LogP contribution in [0.15, 0.2) is 23.2 Å². The third-order valence-corrected chi connectivity index (χ3v) is 4.21. The molecule has 2 atom stereocenters. The molecule has 8 heteroatoms. The van der Waals surface area contributed by atoms with Crippen LogP contribution in [0.1, 0.15) is 38.3 Å². The summed E-state index contributed by atoms with van der Waals surface area (Å²) in [7, 11) is 1.45. The number of methoxy groups -OCH3 is 1. The number of nitrogens with one attached hydrogen (secondary N) is 2. The van der Waals surface area contributed by atoms with Gasteiger partial charge in [-0.2, -0.15) is 0 Å². The number of nitrogens with zero attached hydrogens (tertiary/aromatic N) is 1. The monoisotopic (exact) mass is 495 g/mol. The molecule has 0 bridgehead atoms. The lowest BCUT2D eigenvalue weighted by Crippen LogP contribution is -2.39. The first-order chi connectivity index (χ1) is 12.6. The number of benzene rings is 1. The molecule has 0 saturated carbocycles. The molecule has 1 fully saturated rings. The van der Waals surface area contributed by atoms with Crippen molar-refractivity contribution in [2.75, 3.05) is 40.0 Å². The van der Waals surface area contributed by atoms with Gasteiger partial charge in [0.2, 0.25) is 0 Å². The Labute approximate surface area is 178 Å². The highest BCUT2D eigenvalue weighted by molar-refractivity contribution is 14.0. The summed E-state index contributed by atoms with van der Waals surface area (Å²) in [5, 5.41) is 6.47. The largest absolute Gasteiger partial charge is 0.494 e. The summed E-state index contributed by atoms with van der Waals surface area (Å²) in [5.74, 6) is 0.546. The van der Waals surface area contributed by atoms with Gasteiger partial charge < -0.3 is 24.8 Å². The molecule has 0 radical (unpaired) electrons. The van der Waals surface area contributed by atoms with Crippen molar-refractivity contribution < 1.29 is 18.6 Å². The van der Waals surface area contributed by atoms with E-state index in [1.807, 2.05) is 19.9 Å². The minimum Gasteiger partial charge on any atom is -0.494 e. The minimum atomic E-state index is -0.372. The zero-order valence-corrected chi connectivity index (χ0v) is 18.6. The third kappa shape index (κ3) is 8.18. The van der Waals surface area contributed by atoms with Crippen molar-refractivity contribution in [2.24, 2.45) is 4.99 Å². The molecule has 2 N–H and O–H groups in total. The Kier molecular flexibility index (Phi) is 11.6. The van der Waals surface area contributed by atoms with E-state index in [1.165, 1.54) is 13.2 Å². The molecule has 2 rings (SSSR count). The van der Waals surface area contributed by atoms with Crippen LogP contribution in [0.25, 0.3) is 0 Å². The molecule has 1 heterocycles. The maximum Gasteiger partial charge on any atom is 0.191 e. The van der Waals surface area contributed by atoms with E-state index >= 15 is 0 Å². The lowest BCUT2D eigenvalue weighted by atomic mass is 10.1. The fourth-order valence-corrected chi connectivity index (χ4v) is 2.77. The van der Waals surface area contributed by atoms with Gasteiger partial charge in [-0.05, 0) is 44.4 Å². The second-order valence-electron chi connectivity index (χ2n) is 6.23. The van der Waals surface area contributed by atoms with Gasteiger partial charge in [0.25, 0.3) is 0 Å². The van der Waals surface area contributed by atoms with Crippen LogP contribution in [0.4, 0.5) is 4.39 Å². The van der Waals surface area contributed by atoms with E-state index in [2.05, 4.69) is 15.6 Å². The molecule has 0 spiro atoms. The number of hydrogen-bond donors (Lipinski definition) is 2. The Balaban J connectivity index is 0.00000364. The molecule has 1 aliphatic rings. The van der Waals surface area contributed by atoms with E-state index < -0.39 is 0 Å². The molecule has 1 saturated heterocycles. The Morgan fingerprint density at radius 3 is 2.89 bits per heavy atom. The van der Waals surface area contributed by atoms with Gasteiger partial charge in [-0.3, -0.25) is 4.99 Å². The Bertz CT molecular complexity index is 583. The van der Waals surface area contributed by atoms with E-state index in [4.69, 9.17) is 14.2 Å². The van der Waals surface area contributed by atoms with Crippen molar-refractivity contribution in [1.82, 2.24) is 10.6 Å². The predicted octanol–water partition coefficient (Wildman–Crippen LogP) is 3.26. The topological polar surface area (TPSA) is 64.1 Å². The van der Waals surface area contributed by atoms with E-state index in [9.17, 15) is 4.39 Å². The van der Waals surface area contributed by atoms with E-state index in [0.717, 1.165) is 31.6 Å². The quantitative estimate of drug-likeness (QED) is 0.238. The summed E-state index contributed by atoms with van der Waals surface area (Å²) in [5.41, 5.74) is 0.823. The summed E-state index contributed by atoms with van der Waals surface area (Å²) >= 11 is 0. The summed E-state index contributed by atoms with van der Waals surface area (Å²) < 4.78 is 30.0. The van der Waals surface area contributed by atoms with Gasteiger partial charge in [-0.25, -0.2) is 4.39 Å². The van der Waals surface area contributed by atoms with Gasteiger partial charge in [0.1, 0.15) is 0 Å². The van der Waals surface area contributed by atoms with Crippen molar-refractivity contribution in [3.63, 3.8) is 0 Å². The molecule has 154 valence electrons. The average Bonchev–Trinajstić information content (AvgIpc) is 3.14. The molecular formula is C19H31FIN3O3. The first-order valence-electron chi connectivity index (χ1n) is 9.21. The van der Waals surface area contributed by atoms with Gasteiger partial charge in [-0.15, -0.1) is 24.0 Å². The van der Waals surface area contributed by atoms with Crippen molar-refractivity contribution in [3.8, 4) is 5.75 Å². The van der Waals surface area contributed by atoms with Gasteiger partial charge >= 0.3 is 0 Å². The van der Waals surface area contributed by atoms with Crippen LogP contribution in [-0.2, 0) is 9.47 Å². The van der Waals surface area contributed by atoms with Crippen LogP contribution in [0.2, 0.25) is 0 Å². The predicted molar refractivity (Wildman–Crippen MR) is 116 cm³/mol. The van der Waals surface area contributed by atoms with Crippen molar-refractivity contribution in [1.29, 1.82) is 0 Å². The van der Waals surface area contributed by atoms with Crippen molar-refractivity contribution in [2.45, 2.75) is 38.8 Å². The summed E-state index contributed by atoms with van der Waals surface area (Å²) in [4.78, 5) is 4.51. The molecule has 1 aromatic rings. The van der Waals surface area contributed by atoms with E-state index in [0.29, 0.717) is 25.7 Å². The van der Waals surface area contributed by atoms with Crippen LogP contribution in [0.3, 0.4) is 0 Å². The third-order valence-electron chi connectivity index (χ3n) is 4.21. The fraction of sp³-hybridized carbons (Fsp3) is 0.632. The minimum absolute atomic E-state index is 0. The average molecular weight is 495 g/mol. The zero-order valence-electron chi connectivity index (χ0n) is 16.3. The molecule has 2 unspecified atom stereocenters. The van der Waals surface area contributed by atoms with Crippen LogP contribution >= 0.6 is 24.0 Å². The Morgan fingerprint density at radius 2 is 2.26 bits per heavy atom. The zero-order chi connectivity index (χ0) is 18.8. The number of ether oxygens (including phenoxy) is 3. The highest BCUT2D eigenvalue weighted by atomic mass is 127. The van der Waals surface area contributed by atoms with Crippen molar-refractivity contribution >= 4 is 29.9 Å². The second-order valence-corrected chi connectivity index (χ2v) is 6.23. The van der Waals surface area contributed by atoms with Crippen LogP contribution in [-0.4, -0.2) is 52.1 Å². The van der Waals surface area contributed by atoms with Gasteiger partial charge in [-0.1, -0.05) is 6.07 Å². The molecule has 1 aliphatic heterocycles. The normalized spacial score (nSPS) is 17.9. The molecule has 1 aromatic carbocycles. The summed E-state index contributed by atoms with van der Waals surface area (Å²) in [6.45, 7) is 7.26. The van der Waals surface area contributed by atoms with Gasteiger partial charge in [0.05, 0.1) is 39.0 Å². The smallest absolute Gasteiger partial charge is 0.191 e. The number of hydrogen-bond acceptors (Lipinski definition) is 4. The van der Waals surface area contributed by atoms with E-state index in [-0.39, 0.29) is 47.7 Å². The van der Waals surface area contributed by atoms with E-state index in [1.54, 1.807) is 6.07 Å². The van der Waals surface area contributed by atoms with Crippen LogP contribution in [0.5, 0.6) is 5.75 Å². The Morgan fingerprint density at radius 1 is 1.44 bits per heavy atom. The number of rotatable bonds is 9. The highest BCUT2D eigenvalue weighted by Crippen LogP contribution is 2.21. The maximum atomic E-state index is 13.9.